The van der Waals surface area contributed by atoms with Gasteiger partial charge in [-0.3, -0.25) is 0 Å². The van der Waals surface area contributed by atoms with Crippen molar-refractivity contribution in [3.05, 3.63) is 30.3 Å². The van der Waals surface area contributed by atoms with E-state index in [1.807, 2.05) is 0 Å². The lowest BCUT2D eigenvalue weighted by molar-refractivity contribution is 0.120. The summed E-state index contributed by atoms with van der Waals surface area (Å²) in [5, 5.41) is 9.37. The van der Waals surface area contributed by atoms with Gasteiger partial charge in [-0.15, -0.1) is 0 Å². The monoisotopic (exact) mass is 255 g/mol. The minimum atomic E-state index is -3.41. The van der Waals surface area contributed by atoms with Crippen molar-refractivity contribution in [2.24, 2.45) is 0 Å². The number of hydrogen-bond donors (Lipinski definition) is 2. The Bertz CT molecular complexity index is 450. The molecule has 17 heavy (non-hydrogen) atoms. The van der Waals surface area contributed by atoms with E-state index in [9.17, 15) is 13.5 Å². The van der Waals surface area contributed by atoms with Gasteiger partial charge in [-0.05, 0) is 37.8 Å². The van der Waals surface area contributed by atoms with Gasteiger partial charge in [0.2, 0.25) is 10.0 Å². The molecule has 1 aliphatic carbocycles. The Labute approximate surface area is 102 Å². The maximum atomic E-state index is 12.0. The third-order valence-corrected chi connectivity index (χ3v) is 4.61. The summed E-state index contributed by atoms with van der Waals surface area (Å²) in [5.41, 5.74) is 0. The van der Waals surface area contributed by atoms with Crippen molar-refractivity contribution in [1.29, 1.82) is 0 Å². The second-order valence-electron chi connectivity index (χ2n) is 4.44. The first kappa shape index (κ1) is 12.5. The van der Waals surface area contributed by atoms with Gasteiger partial charge >= 0.3 is 0 Å². The molecule has 0 heterocycles. The highest BCUT2D eigenvalue weighted by atomic mass is 32.2. The lowest BCUT2D eigenvalue weighted by Crippen LogP contribution is -2.38. The van der Waals surface area contributed by atoms with E-state index in [1.54, 1.807) is 30.3 Å². The molecular formula is C12H17NO3S. The highest BCUT2D eigenvalue weighted by Crippen LogP contribution is 2.20. The maximum absolute atomic E-state index is 12.0. The molecule has 0 aromatic heterocycles. The molecule has 0 unspecified atom stereocenters. The molecule has 2 N–H and O–H groups in total. The summed E-state index contributed by atoms with van der Waals surface area (Å²) in [6.07, 6.45) is 2.47. The van der Waals surface area contributed by atoms with Gasteiger partial charge < -0.3 is 5.11 Å². The van der Waals surface area contributed by atoms with Gasteiger partial charge in [-0.1, -0.05) is 18.2 Å². The smallest absolute Gasteiger partial charge is 0.240 e. The summed E-state index contributed by atoms with van der Waals surface area (Å²) < 4.78 is 26.7. The summed E-state index contributed by atoms with van der Waals surface area (Å²) in [4.78, 5) is 0.297. The molecule has 1 fully saturated rings. The first-order chi connectivity index (χ1) is 8.08. The molecule has 1 aromatic rings. The number of sulfonamides is 1. The third-order valence-electron chi connectivity index (χ3n) is 3.07. The van der Waals surface area contributed by atoms with Gasteiger partial charge in [0, 0.05) is 6.04 Å². The Morgan fingerprint density at radius 2 is 1.65 bits per heavy atom. The highest BCUT2D eigenvalue weighted by Gasteiger charge is 2.24. The van der Waals surface area contributed by atoms with Gasteiger partial charge in [0.05, 0.1) is 11.0 Å². The Morgan fingerprint density at radius 3 is 2.24 bits per heavy atom. The van der Waals surface area contributed by atoms with Crippen LogP contribution in [0.15, 0.2) is 35.2 Å². The molecule has 4 nitrogen and oxygen atoms in total. The van der Waals surface area contributed by atoms with E-state index in [2.05, 4.69) is 4.72 Å². The number of nitrogens with one attached hydrogen (secondary N) is 1. The molecule has 0 atom stereocenters. The van der Waals surface area contributed by atoms with Crippen molar-refractivity contribution >= 4 is 10.0 Å². The fourth-order valence-electron chi connectivity index (χ4n) is 2.08. The van der Waals surface area contributed by atoms with Crippen LogP contribution in [0.3, 0.4) is 0 Å². The summed E-state index contributed by atoms with van der Waals surface area (Å²) in [7, 11) is -3.41. The zero-order valence-corrected chi connectivity index (χ0v) is 10.4. The van der Waals surface area contributed by atoms with Gasteiger partial charge in [0.15, 0.2) is 0 Å². The molecule has 2 rings (SSSR count). The quantitative estimate of drug-likeness (QED) is 0.854. The van der Waals surface area contributed by atoms with E-state index in [4.69, 9.17) is 0 Å². The second-order valence-corrected chi connectivity index (χ2v) is 6.15. The number of hydrogen-bond acceptors (Lipinski definition) is 3. The second kappa shape index (κ2) is 5.16. The zero-order chi connectivity index (χ0) is 12.3. The Morgan fingerprint density at radius 1 is 1.06 bits per heavy atom. The minimum absolute atomic E-state index is 0.0522. The first-order valence-corrected chi connectivity index (χ1v) is 7.32. The van der Waals surface area contributed by atoms with Gasteiger partial charge in [-0.25, -0.2) is 13.1 Å². The minimum Gasteiger partial charge on any atom is -0.393 e. The summed E-state index contributed by atoms with van der Waals surface area (Å²) >= 11 is 0. The maximum Gasteiger partial charge on any atom is 0.240 e. The van der Waals surface area contributed by atoms with E-state index in [1.165, 1.54) is 0 Å². The Kier molecular flexibility index (Phi) is 3.81. The highest BCUT2D eigenvalue weighted by molar-refractivity contribution is 7.89. The van der Waals surface area contributed by atoms with Crippen molar-refractivity contribution in [3.8, 4) is 0 Å². The average molecular weight is 255 g/mol. The van der Waals surface area contributed by atoms with Crippen LogP contribution >= 0.6 is 0 Å². The molecule has 94 valence electrons. The largest absolute Gasteiger partial charge is 0.393 e. The van der Waals surface area contributed by atoms with Crippen molar-refractivity contribution in [3.63, 3.8) is 0 Å². The lowest BCUT2D eigenvalue weighted by Gasteiger charge is -2.25. The van der Waals surface area contributed by atoms with Crippen LogP contribution in [-0.4, -0.2) is 25.7 Å². The summed E-state index contributed by atoms with van der Waals surface area (Å²) in [6, 6.07) is 8.32. The zero-order valence-electron chi connectivity index (χ0n) is 9.54. The normalized spacial score (nSPS) is 25.7. The van der Waals surface area contributed by atoms with E-state index < -0.39 is 10.0 Å². The van der Waals surface area contributed by atoms with Crippen LogP contribution in [0.1, 0.15) is 25.7 Å². The molecule has 1 aromatic carbocycles. The molecular weight excluding hydrogens is 238 g/mol. The molecule has 5 heteroatoms. The summed E-state index contributed by atoms with van der Waals surface area (Å²) in [6.45, 7) is 0. The molecule has 0 radical (unpaired) electrons. The first-order valence-electron chi connectivity index (χ1n) is 5.83. The molecule has 1 aliphatic rings. The molecule has 0 bridgehead atoms. The van der Waals surface area contributed by atoms with Crippen molar-refractivity contribution in [2.45, 2.75) is 42.7 Å². The number of aliphatic hydroxyl groups is 1. The van der Waals surface area contributed by atoms with Gasteiger partial charge in [0.1, 0.15) is 0 Å². The van der Waals surface area contributed by atoms with Crippen LogP contribution in [0.2, 0.25) is 0 Å². The lowest BCUT2D eigenvalue weighted by atomic mass is 9.94. The van der Waals surface area contributed by atoms with Crippen LogP contribution in [0, 0.1) is 0 Å². The fraction of sp³-hybridized carbons (Fsp3) is 0.500. The topological polar surface area (TPSA) is 66.4 Å². The van der Waals surface area contributed by atoms with Crippen LogP contribution in [0.25, 0.3) is 0 Å². The van der Waals surface area contributed by atoms with E-state index in [-0.39, 0.29) is 12.1 Å². The molecule has 0 saturated heterocycles. The van der Waals surface area contributed by atoms with E-state index in [0.717, 1.165) is 0 Å². The molecule has 1 saturated carbocycles. The standard InChI is InChI=1S/C12H17NO3S/c14-11-8-6-10(7-9-11)13-17(15,16)12-4-2-1-3-5-12/h1-5,10-11,13-14H,6-9H2. The van der Waals surface area contributed by atoms with Crippen LogP contribution in [-0.2, 0) is 10.0 Å². The molecule has 0 spiro atoms. The van der Waals surface area contributed by atoms with Crippen molar-refractivity contribution in [1.82, 2.24) is 4.72 Å². The van der Waals surface area contributed by atoms with Crippen molar-refractivity contribution in [2.75, 3.05) is 0 Å². The van der Waals surface area contributed by atoms with Gasteiger partial charge in [0.25, 0.3) is 0 Å². The number of rotatable bonds is 3. The Balaban J connectivity index is 2.03. The molecule has 0 amide bonds. The van der Waals surface area contributed by atoms with Gasteiger partial charge in [-0.2, -0.15) is 0 Å². The summed E-state index contributed by atoms with van der Waals surface area (Å²) in [5.74, 6) is 0. The van der Waals surface area contributed by atoms with E-state index >= 15 is 0 Å². The van der Waals surface area contributed by atoms with Crippen LogP contribution in [0.4, 0.5) is 0 Å². The molecule has 0 aliphatic heterocycles. The van der Waals surface area contributed by atoms with Crippen LogP contribution in [0.5, 0.6) is 0 Å². The van der Waals surface area contributed by atoms with Crippen molar-refractivity contribution < 1.29 is 13.5 Å². The predicted molar refractivity (Wildman–Crippen MR) is 65.0 cm³/mol. The average Bonchev–Trinajstić information content (AvgIpc) is 2.33. The third kappa shape index (κ3) is 3.28. The predicted octanol–water partition coefficient (Wildman–Crippen LogP) is 1.27. The number of aliphatic hydroxyl groups excluding tert-OH is 1. The van der Waals surface area contributed by atoms with Crippen LogP contribution < -0.4 is 4.72 Å². The fourth-order valence-corrected chi connectivity index (χ4v) is 3.41. The number of benzene rings is 1. The SMILES string of the molecule is O=S(=O)(NC1CCC(O)CC1)c1ccccc1. The van der Waals surface area contributed by atoms with E-state index in [0.29, 0.717) is 30.6 Å². The Hall–Kier alpha value is -0.910.